The van der Waals surface area contributed by atoms with Gasteiger partial charge in [-0.15, -0.1) is 0 Å². The molecule has 0 saturated carbocycles. The van der Waals surface area contributed by atoms with Gasteiger partial charge in [-0.1, -0.05) is 13.0 Å². The number of aromatic nitrogens is 1. The summed E-state index contributed by atoms with van der Waals surface area (Å²) in [5.41, 5.74) is 1.11. The molecule has 0 amide bonds. The fraction of sp³-hybridized carbons (Fsp3) is 0.583. The molecule has 0 aromatic carbocycles. The molecule has 0 atom stereocenters. The molecule has 2 heterocycles. The minimum absolute atomic E-state index is 0.885. The summed E-state index contributed by atoms with van der Waals surface area (Å²) in [4.78, 5) is 6.94. The molecule has 1 aliphatic rings. The predicted molar refractivity (Wildman–Crippen MR) is 59.6 cm³/mol. The van der Waals surface area contributed by atoms with Crippen molar-refractivity contribution in [2.24, 2.45) is 5.92 Å². The van der Waals surface area contributed by atoms with Gasteiger partial charge in [-0.25, -0.2) is 4.98 Å². The Kier molecular flexibility index (Phi) is 2.71. The topological polar surface area (TPSA) is 16.1 Å². The lowest BCUT2D eigenvalue weighted by atomic mass is 9.99. The Morgan fingerprint density at radius 1 is 1.29 bits per heavy atom. The number of hydrogen-bond acceptors (Lipinski definition) is 2. The van der Waals surface area contributed by atoms with Crippen LogP contribution in [0.5, 0.6) is 0 Å². The zero-order chi connectivity index (χ0) is 9.97. The first-order valence-electron chi connectivity index (χ1n) is 5.44. The van der Waals surface area contributed by atoms with Crippen LogP contribution in [-0.4, -0.2) is 18.1 Å². The molecule has 1 aromatic rings. The van der Waals surface area contributed by atoms with E-state index in [2.05, 4.69) is 41.9 Å². The molecular formula is C12H18N2. The summed E-state index contributed by atoms with van der Waals surface area (Å²) in [6.07, 6.45) is 2.60. The summed E-state index contributed by atoms with van der Waals surface area (Å²) in [5, 5.41) is 0. The van der Waals surface area contributed by atoms with E-state index in [1.807, 2.05) is 0 Å². The van der Waals surface area contributed by atoms with Gasteiger partial charge in [0.2, 0.25) is 0 Å². The van der Waals surface area contributed by atoms with Crippen molar-refractivity contribution in [3.05, 3.63) is 23.9 Å². The van der Waals surface area contributed by atoms with E-state index in [1.54, 1.807) is 0 Å². The molecule has 2 nitrogen and oxygen atoms in total. The van der Waals surface area contributed by atoms with Gasteiger partial charge in [-0.2, -0.15) is 0 Å². The number of pyridine rings is 1. The average Bonchev–Trinajstić information content (AvgIpc) is 2.19. The third-order valence-corrected chi connectivity index (χ3v) is 2.98. The Labute approximate surface area is 86.0 Å². The molecule has 0 N–H and O–H groups in total. The molecule has 1 aromatic heterocycles. The van der Waals surface area contributed by atoms with Crippen molar-refractivity contribution in [1.29, 1.82) is 0 Å². The van der Waals surface area contributed by atoms with Gasteiger partial charge in [0.15, 0.2) is 0 Å². The van der Waals surface area contributed by atoms with Gasteiger partial charge >= 0.3 is 0 Å². The van der Waals surface area contributed by atoms with Crippen molar-refractivity contribution in [2.75, 3.05) is 18.0 Å². The largest absolute Gasteiger partial charge is 0.357 e. The van der Waals surface area contributed by atoms with Crippen molar-refractivity contribution in [1.82, 2.24) is 4.98 Å². The number of rotatable bonds is 1. The van der Waals surface area contributed by atoms with Gasteiger partial charge in [0.25, 0.3) is 0 Å². The minimum atomic E-state index is 0.885. The average molecular weight is 190 g/mol. The predicted octanol–water partition coefficient (Wildman–Crippen LogP) is 2.63. The van der Waals surface area contributed by atoms with Crippen LogP contribution >= 0.6 is 0 Å². The molecule has 0 spiro atoms. The fourth-order valence-corrected chi connectivity index (χ4v) is 1.94. The van der Waals surface area contributed by atoms with E-state index in [1.165, 1.54) is 12.8 Å². The Morgan fingerprint density at radius 3 is 2.64 bits per heavy atom. The van der Waals surface area contributed by atoms with Crippen molar-refractivity contribution in [2.45, 2.75) is 26.7 Å². The Morgan fingerprint density at radius 2 is 2.00 bits per heavy atom. The zero-order valence-corrected chi connectivity index (χ0v) is 9.03. The van der Waals surface area contributed by atoms with Crippen molar-refractivity contribution in [3.63, 3.8) is 0 Å². The number of hydrogen-bond donors (Lipinski definition) is 0. The normalized spacial score (nSPS) is 18.6. The van der Waals surface area contributed by atoms with Crippen LogP contribution in [0.1, 0.15) is 25.5 Å². The Bertz CT molecular complexity index is 301. The third kappa shape index (κ3) is 2.06. The minimum Gasteiger partial charge on any atom is -0.357 e. The smallest absolute Gasteiger partial charge is 0.128 e. The highest BCUT2D eigenvalue weighted by atomic mass is 15.2. The molecule has 1 saturated heterocycles. The van der Waals surface area contributed by atoms with E-state index in [0.29, 0.717) is 0 Å². The highest BCUT2D eigenvalue weighted by Gasteiger charge is 2.16. The van der Waals surface area contributed by atoms with E-state index in [-0.39, 0.29) is 0 Å². The summed E-state index contributed by atoms with van der Waals surface area (Å²) in [5.74, 6) is 2.04. The molecule has 1 fully saturated rings. The molecule has 2 rings (SSSR count). The summed E-state index contributed by atoms with van der Waals surface area (Å²) in [7, 11) is 0. The molecular weight excluding hydrogens is 172 g/mol. The Balaban J connectivity index is 2.08. The van der Waals surface area contributed by atoms with Gasteiger partial charge in [-0.05, 0) is 37.8 Å². The van der Waals surface area contributed by atoms with Gasteiger partial charge in [0, 0.05) is 18.8 Å². The maximum Gasteiger partial charge on any atom is 0.128 e. The lowest BCUT2D eigenvalue weighted by molar-refractivity contribution is 0.436. The summed E-state index contributed by atoms with van der Waals surface area (Å²) in [6.45, 7) is 6.71. The molecule has 14 heavy (non-hydrogen) atoms. The van der Waals surface area contributed by atoms with Crippen molar-refractivity contribution >= 4 is 5.82 Å². The van der Waals surface area contributed by atoms with Crippen LogP contribution in [0.2, 0.25) is 0 Å². The quantitative estimate of drug-likeness (QED) is 0.676. The molecule has 0 aliphatic carbocycles. The van der Waals surface area contributed by atoms with Crippen LogP contribution in [0.15, 0.2) is 18.2 Å². The van der Waals surface area contributed by atoms with Crippen LogP contribution in [0.4, 0.5) is 5.82 Å². The lowest BCUT2D eigenvalue weighted by Crippen LogP contribution is -2.33. The van der Waals surface area contributed by atoms with E-state index in [9.17, 15) is 0 Å². The fourth-order valence-electron chi connectivity index (χ4n) is 1.94. The second-order valence-electron chi connectivity index (χ2n) is 4.31. The van der Waals surface area contributed by atoms with Crippen LogP contribution in [0, 0.1) is 12.8 Å². The van der Waals surface area contributed by atoms with E-state index >= 15 is 0 Å². The van der Waals surface area contributed by atoms with Gasteiger partial charge in [0.05, 0.1) is 0 Å². The lowest BCUT2D eigenvalue weighted by Gasteiger charge is -2.31. The second kappa shape index (κ2) is 3.99. The number of piperidine rings is 1. The monoisotopic (exact) mass is 190 g/mol. The molecule has 0 unspecified atom stereocenters. The first-order chi connectivity index (χ1) is 6.75. The van der Waals surface area contributed by atoms with E-state index in [0.717, 1.165) is 30.5 Å². The summed E-state index contributed by atoms with van der Waals surface area (Å²) >= 11 is 0. The van der Waals surface area contributed by atoms with Gasteiger partial charge in [0.1, 0.15) is 5.82 Å². The standard InChI is InChI=1S/C12H18N2/c1-10-6-8-14(9-7-10)12-5-3-4-11(2)13-12/h3-5,10H,6-9H2,1-2H3. The molecule has 0 radical (unpaired) electrons. The van der Waals surface area contributed by atoms with Gasteiger partial charge in [-0.3, -0.25) is 0 Å². The second-order valence-corrected chi connectivity index (χ2v) is 4.31. The first kappa shape index (κ1) is 9.50. The van der Waals surface area contributed by atoms with Crippen LogP contribution in [-0.2, 0) is 0 Å². The zero-order valence-electron chi connectivity index (χ0n) is 9.03. The number of nitrogens with zero attached hydrogens (tertiary/aromatic N) is 2. The molecule has 0 bridgehead atoms. The highest BCUT2D eigenvalue weighted by Crippen LogP contribution is 2.21. The maximum atomic E-state index is 4.55. The maximum absolute atomic E-state index is 4.55. The van der Waals surface area contributed by atoms with Crippen LogP contribution in [0.25, 0.3) is 0 Å². The van der Waals surface area contributed by atoms with Crippen molar-refractivity contribution in [3.8, 4) is 0 Å². The highest BCUT2D eigenvalue weighted by molar-refractivity contribution is 5.39. The van der Waals surface area contributed by atoms with E-state index in [4.69, 9.17) is 0 Å². The van der Waals surface area contributed by atoms with Crippen molar-refractivity contribution < 1.29 is 0 Å². The molecule has 1 aliphatic heterocycles. The Hall–Kier alpha value is -1.05. The van der Waals surface area contributed by atoms with Crippen LogP contribution < -0.4 is 4.90 Å². The van der Waals surface area contributed by atoms with E-state index < -0.39 is 0 Å². The summed E-state index contributed by atoms with van der Waals surface area (Å²) < 4.78 is 0. The van der Waals surface area contributed by atoms with Gasteiger partial charge < -0.3 is 4.90 Å². The number of aryl methyl sites for hydroxylation is 1. The third-order valence-electron chi connectivity index (χ3n) is 2.98. The summed E-state index contributed by atoms with van der Waals surface area (Å²) in [6, 6.07) is 6.26. The molecule has 2 heteroatoms. The van der Waals surface area contributed by atoms with Crippen LogP contribution in [0.3, 0.4) is 0 Å². The number of anilines is 1. The molecule has 76 valence electrons. The first-order valence-corrected chi connectivity index (χ1v) is 5.44. The SMILES string of the molecule is Cc1cccc(N2CCC(C)CC2)n1.